The molecule has 39 heavy (non-hydrogen) atoms. The van der Waals surface area contributed by atoms with Crippen LogP contribution in [-0.4, -0.2) is 19.3 Å². The zero-order valence-electron chi connectivity index (χ0n) is 21.8. The van der Waals surface area contributed by atoms with Crippen LogP contribution in [0.5, 0.6) is 0 Å². The highest BCUT2D eigenvalue weighted by Crippen LogP contribution is 2.49. The number of nitrogens with one attached hydrogen (secondary N) is 1. The quantitative estimate of drug-likeness (QED) is 0.313. The molecule has 7 heteroatoms. The van der Waals surface area contributed by atoms with E-state index in [1.807, 2.05) is 66.4 Å². The molecule has 0 bridgehead atoms. The summed E-state index contributed by atoms with van der Waals surface area (Å²) in [5.41, 5.74) is 5.71. The number of aryl methyl sites for hydroxylation is 2. The van der Waals surface area contributed by atoms with E-state index in [1.165, 1.54) is 5.56 Å². The Kier molecular flexibility index (Phi) is 6.79. The molecule has 2 aliphatic rings. The second kappa shape index (κ2) is 10.4. The molecule has 1 saturated carbocycles. The smallest absolute Gasteiger partial charge is 0.241 e. The van der Waals surface area contributed by atoms with Crippen LogP contribution in [0.1, 0.15) is 52.9 Å². The summed E-state index contributed by atoms with van der Waals surface area (Å²) in [5.74, 6) is 0.205. The highest BCUT2D eigenvalue weighted by atomic mass is 32.2. The molecule has 4 aromatic rings. The van der Waals surface area contributed by atoms with Crippen molar-refractivity contribution in [2.75, 3.05) is 4.90 Å². The van der Waals surface area contributed by atoms with Crippen LogP contribution in [0.25, 0.3) is 0 Å². The number of nitrogens with zero attached hydrogens (tertiary/aromatic N) is 2. The van der Waals surface area contributed by atoms with Crippen molar-refractivity contribution < 1.29 is 13.2 Å². The Balaban J connectivity index is 1.30. The molecule has 1 amide bonds. The van der Waals surface area contributed by atoms with E-state index in [9.17, 15) is 13.2 Å². The van der Waals surface area contributed by atoms with Crippen LogP contribution in [0.2, 0.25) is 0 Å². The molecular formula is C32H31N3O3S. The van der Waals surface area contributed by atoms with Gasteiger partial charge in [-0.3, -0.25) is 9.78 Å². The van der Waals surface area contributed by atoms with Crippen LogP contribution in [0.3, 0.4) is 0 Å². The highest BCUT2D eigenvalue weighted by Gasteiger charge is 2.46. The maximum atomic E-state index is 14.0. The fourth-order valence-corrected chi connectivity index (χ4v) is 6.89. The number of pyridine rings is 1. The van der Waals surface area contributed by atoms with Gasteiger partial charge in [-0.15, -0.1) is 0 Å². The summed E-state index contributed by atoms with van der Waals surface area (Å²) in [5, 5.41) is 0. The average Bonchev–Trinajstić information content (AvgIpc) is 3.67. The predicted molar refractivity (Wildman–Crippen MR) is 152 cm³/mol. The number of hydrogen-bond donors (Lipinski definition) is 1. The summed E-state index contributed by atoms with van der Waals surface area (Å²) >= 11 is 0. The van der Waals surface area contributed by atoms with Crippen LogP contribution < -0.4 is 9.62 Å². The molecule has 1 fully saturated rings. The standard InChI is InChI=1S/C32H31N3O3S/c1-22-9-8-12-25(33-22)21-35(32(36)30-20-28(30)23-10-4-2-5-11-23)26-17-15-24-16-18-31(29(24)19-26)34-39(37,38)27-13-6-3-7-14-27/h2-15,17,19,28,30-31,34H,16,18,20-21H2,1H3/t28-,30+,31-/m0/s1. The first-order valence-corrected chi connectivity index (χ1v) is 14.9. The second-order valence-electron chi connectivity index (χ2n) is 10.5. The Morgan fingerprint density at radius 2 is 1.69 bits per heavy atom. The fraction of sp³-hybridized carbons (Fsp3) is 0.250. The first-order valence-electron chi connectivity index (χ1n) is 13.4. The lowest BCUT2D eigenvalue weighted by atomic mass is 10.1. The Morgan fingerprint density at radius 3 is 2.44 bits per heavy atom. The van der Waals surface area contributed by atoms with E-state index in [1.54, 1.807) is 30.3 Å². The number of amides is 1. The van der Waals surface area contributed by atoms with E-state index >= 15 is 0 Å². The van der Waals surface area contributed by atoms with Crippen LogP contribution in [-0.2, 0) is 27.8 Å². The Labute approximate surface area is 229 Å². The zero-order chi connectivity index (χ0) is 27.0. The van der Waals surface area contributed by atoms with Gasteiger partial charge in [0.15, 0.2) is 0 Å². The van der Waals surface area contributed by atoms with Gasteiger partial charge in [0.1, 0.15) is 0 Å². The molecule has 3 atom stereocenters. The van der Waals surface area contributed by atoms with E-state index in [-0.39, 0.29) is 28.7 Å². The topological polar surface area (TPSA) is 79.4 Å². The van der Waals surface area contributed by atoms with E-state index in [0.29, 0.717) is 13.0 Å². The van der Waals surface area contributed by atoms with Gasteiger partial charge in [0.05, 0.1) is 17.1 Å². The second-order valence-corrected chi connectivity index (χ2v) is 12.2. The molecule has 198 valence electrons. The molecule has 0 unspecified atom stereocenters. The van der Waals surface area contributed by atoms with Crippen molar-refractivity contribution in [2.45, 2.75) is 49.6 Å². The van der Waals surface area contributed by atoms with Crippen molar-refractivity contribution in [3.63, 3.8) is 0 Å². The SMILES string of the molecule is Cc1cccc(CN(C(=O)[C@@H]2C[C@H]2c2ccccc2)c2ccc3c(c2)[C@@H](NS(=O)(=O)c2ccccc2)CC3)n1. The van der Waals surface area contributed by atoms with Gasteiger partial charge < -0.3 is 4.90 Å². The zero-order valence-corrected chi connectivity index (χ0v) is 22.6. The molecule has 0 aliphatic heterocycles. The number of carbonyl (C=O) groups is 1. The maximum Gasteiger partial charge on any atom is 0.241 e. The minimum absolute atomic E-state index is 0.0755. The van der Waals surface area contributed by atoms with Crippen molar-refractivity contribution in [1.82, 2.24) is 9.71 Å². The molecule has 3 aromatic carbocycles. The van der Waals surface area contributed by atoms with Gasteiger partial charge in [0, 0.05) is 23.3 Å². The molecule has 6 rings (SSSR count). The van der Waals surface area contributed by atoms with Crippen molar-refractivity contribution in [3.8, 4) is 0 Å². The Morgan fingerprint density at radius 1 is 0.949 bits per heavy atom. The summed E-state index contributed by atoms with van der Waals surface area (Å²) in [7, 11) is -3.67. The molecule has 2 aliphatic carbocycles. The molecule has 1 heterocycles. The van der Waals surface area contributed by atoms with Gasteiger partial charge in [-0.05, 0) is 85.2 Å². The van der Waals surface area contributed by atoms with Crippen molar-refractivity contribution in [3.05, 3.63) is 125 Å². The van der Waals surface area contributed by atoms with E-state index in [4.69, 9.17) is 0 Å². The molecular weight excluding hydrogens is 506 g/mol. The summed E-state index contributed by atoms with van der Waals surface area (Å²) in [6.07, 6.45) is 2.28. The molecule has 1 aromatic heterocycles. The van der Waals surface area contributed by atoms with Gasteiger partial charge >= 0.3 is 0 Å². The number of hydrogen-bond acceptors (Lipinski definition) is 4. The lowest BCUT2D eigenvalue weighted by Crippen LogP contribution is -2.33. The van der Waals surface area contributed by atoms with Crippen LogP contribution >= 0.6 is 0 Å². The summed E-state index contributed by atoms with van der Waals surface area (Å²) in [4.78, 5) is 20.7. The van der Waals surface area contributed by atoms with E-state index < -0.39 is 10.0 Å². The highest BCUT2D eigenvalue weighted by molar-refractivity contribution is 7.89. The van der Waals surface area contributed by atoms with Crippen LogP contribution in [0.15, 0.2) is 102 Å². The van der Waals surface area contributed by atoms with Gasteiger partial charge in [0.2, 0.25) is 15.9 Å². The van der Waals surface area contributed by atoms with Crippen LogP contribution in [0.4, 0.5) is 5.69 Å². The molecule has 0 saturated heterocycles. The fourth-order valence-electron chi connectivity index (χ4n) is 5.62. The number of aromatic nitrogens is 1. The largest absolute Gasteiger partial charge is 0.306 e. The van der Waals surface area contributed by atoms with Crippen molar-refractivity contribution >= 4 is 21.6 Å². The van der Waals surface area contributed by atoms with Gasteiger partial charge in [-0.1, -0.05) is 60.7 Å². The molecule has 6 nitrogen and oxygen atoms in total. The average molecular weight is 538 g/mol. The summed E-state index contributed by atoms with van der Waals surface area (Å²) in [6.45, 7) is 2.30. The number of rotatable bonds is 8. The van der Waals surface area contributed by atoms with Gasteiger partial charge in [0.25, 0.3) is 0 Å². The maximum absolute atomic E-state index is 14.0. The monoisotopic (exact) mass is 537 g/mol. The van der Waals surface area contributed by atoms with Gasteiger partial charge in [-0.2, -0.15) is 0 Å². The normalized spacial score (nSPS) is 19.9. The predicted octanol–water partition coefficient (Wildman–Crippen LogP) is 5.69. The van der Waals surface area contributed by atoms with E-state index in [2.05, 4.69) is 21.8 Å². The van der Waals surface area contributed by atoms with Crippen LogP contribution in [0, 0.1) is 12.8 Å². The third kappa shape index (κ3) is 5.37. The number of anilines is 1. The van der Waals surface area contributed by atoms with Crippen molar-refractivity contribution in [2.24, 2.45) is 5.92 Å². The van der Waals surface area contributed by atoms with Crippen molar-refractivity contribution in [1.29, 1.82) is 0 Å². The van der Waals surface area contributed by atoms with E-state index in [0.717, 1.165) is 41.0 Å². The molecule has 0 radical (unpaired) electrons. The third-order valence-corrected chi connectivity index (χ3v) is 9.22. The minimum Gasteiger partial charge on any atom is -0.306 e. The lowest BCUT2D eigenvalue weighted by molar-refractivity contribution is -0.120. The Bertz CT molecular complexity index is 1610. The minimum atomic E-state index is -3.67. The number of sulfonamides is 1. The number of benzene rings is 3. The Hall–Kier alpha value is -3.81. The number of fused-ring (bicyclic) bond motifs is 1. The van der Waals surface area contributed by atoms with Gasteiger partial charge in [-0.25, -0.2) is 13.1 Å². The first kappa shape index (κ1) is 25.5. The summed E-state index contributed by atoms with van der Waals surface area (Å²) < 4.78 is 29.1. The lowest BCUT2D eigenvalue weighted by Gasteiger charge is -2.25. The summed E-state index contributed by atoms with van der Waals surface area (Å²) in [6, 6.07) is 30.1. The first-order chi connectivity index (χ1) is 18.9. The molecule has 1 N–H and O–H groups in total. The molecule has 0 spiro atoms. The number of carbonyl (C=O) groups excluding carboxylic acids is 1. The third-order valence-electron chi connectivity index (χ3n) is 7.74.